The number of nitrogens with one attached hydrogen (secondary N) is 1. The fraction of sp³-hybridized carbons (Fsp3) is 0.111. The van der Waals surface area contributed by atoms with Crippen molar-refractivity contribution in [2.24, 2.45) is 0 Å². The largest absolute Gasteiger partial charge is 0.364 e. The lowest BCUT2D eigenvalue weighted by Gasteiger charge is -2.10. The number of fused-ring (bicyclic) bond motifs is 1. The lowest BCUT2D eigenvalue weighted by atomic mass is 10.0. The van der Waals surface area contributed by atoms with Gasteiger partial charge < -0.3 is 5.32 Å². The molecular weight excluding hydrogens is 394 g/mol. The van der Waals surface area contributed by atoms with Crippen LogP contribution in [0, 0.1) is 6.92 Å². The molecule has 1 N–H and O–H groups in total. The molecule has 0 saturated carbocycles. The Morgan fingerprint density at radius 3 is 2.47 bits per heavy atom. The van der Waals surface area contributed by atoms with Crippen LogP contribution in [0.4, 0.5) is 5.82 Å². The highest BCUT2D eigenvalue weighted by Crippen LogP contribution is 2.25. The summed E-state index contributed by atoms with van der Waals surface area (Å²) in [7, 11) is 0. The molecule has 0 aliphatic heterocycles. The lowest BCUT2D eigenvalue weighted by molar-refractivity contribution is 1.03. The Hall–Kier alpha value is -4.12. The minimum absolute atomic E-state index is 0.572. The highest BCUT2D eigenvalue weighted by molar-refractivity contribution is 5.92. The van der Waals surface area contributed by atoms with Gasteiger partial charge in [0.25, 0.3) is 0 Å². The first-order valence-corrected chi connectivity index (χ1v) is 10.5. The zero-order chi connectivity index (χ0) is 22.3. The Balaban J connectivity index is 1.51. The smallest absolute Gasteiger partial charge is 0.137 e. The second-order valence-corrected chi connectivity index (χ2v) is 7.37. The predicted molar refractivity (Wildman–Crippen MR) is 132 cm³/mol. The second-order valence-electron chi connectivity index (χ2n) is 7.37. The topological polar surface area (TPSA) is 63.6 Å². The number of hydrogen-bond acceptors (Lipinski definition) is 5. The van der Waals surface area contributed by atoms with Crippen LogP contribution in [0.25, 0.3) is 27.6 Å². The number of hydrogen-bond donors (Lipinski definition) is 1. The molecule has 32 heavy (non-hydrogen) atoms. The second kappa shape index (κ2) is 9.79. The summed E-state index contributed by atoms with van der Waals surface area (Å²) in [4.78, 5) is 17.8. The van der Waals surface area contributed by atoms with Gasteiger partial charge in [0.2, 0.25) is 0 Å². The van der Waals surface area contributed by atoms with E-state index >= 15 is 0 Å². The molecule has 0 saturated heterocycles. The van der Waals surface area contributed by atoms with Gasteiger partial charge in [0, 0.05) is 34.6 Å². The van der Waals surface area contributed by atoms with Gasteiger partial charge >= 0.3 is 0 Å². The van der Waals surface area contributed by atoms with Gasteiger partial charge in [-0.2, -0.15) is 0 Å². The van der Waals surface area contributed by atoms with Crippen LogP contribution >= 0.6 is 0 Å². The van der Waals surface area contributed by atoms with Crippen molar-refractivity contribution in [2.75, 3.05) is 5.32 Å². The van der Waals surface area contributed by atoms with Crippen LogP contribution in [0.15, 0.2) is 92.1 Å². The summed E-state index contributed by atoms with van der Waals surface area (Å²) in [5.41, 5.74) is 7.15. The van der Waals surface area contributed by atoms with Crippen LogP contribution in [0.1, 0.15) is 23.9 Å². The van der Waals surface area contributed by atoms with Crippen molar-refractivity contribution < 1.29 is 0 Å². The van der Waals surface area contributed by atoms with Gasteiger partial charge in [0.15, 0.2) is 0 Å². The molecule has 0 fully saturated rings. The van der Waals surface area contributed by atoms with Crippen LogP contribution in [-0.2, 0) is 6.54 Å². The van der Waals surface area contributed by atoms with E-state index in [1.807, 2.05) is 50.5 Å². The first-order chi connectivity index (χ1) is 15.7. The summed E-state index contributed by atoms with van der Waals surface area (Å²) >= 11 is 0. The Bertz CT molecular complexity index is 1290. The Labute approximate surface area is 188 Å². The molecule has 158 valence electrons. The molecule has 0 aliphatic carbocycles. The number of nitrogens with zero attached hydrogens (tertiary/aromatic N) is 4. The van der Waals surface area contributed by atoms with Crippen molar-refractivity contribution in [3.63, 3.8) is 0 Å². The summed E-state index contributed by atoms with van der Waals surface area (Å²) in [6.45, 7) is 8.31. The molecule has 4 aromatic rings. The summed E-state index contributed by atoms with van der Waals surface area (Å²) in [5, 5.41) is 4.37. The van der Waals surface area contributed by atoms with E-state index in [4.69, 9.17) is 0 Å². The fourth-order valence-corrected chi connectivity index (χ4v) is 3.42. The van der Waals surface area contributed by atoms with E-state index in [0.717, 1.165) is 50.4 Å². The molecule has 1 aromatic carbocycles. The lowest BCUT2D eigenvalue weighted by Crippen LogP contribution is -2.04. The zero-order valence-electron chi connectivity index (χ0n) is 18.3. The molecule has 0 aliphatic rings. The number of allylic oxidation sites excluding steroid dienone is 5. The molecule has 0 bridgehead atoms. The molecule has 5 heteroatoms. The van der Waals surface area contributed by atoms with Gasteiger partial charge in [-0.05, 0) is 49.2 Å². The summed E-state index contributed by atoms with van der Waals surface area (Å²) in [6.07, 6.45) is 13.2. The number of aromatic nitrogens is 4. The molecule has 0 radical (unpaired) electrons. The van der Waals surface area contributed by atoms with Gasteiger partial charge in [-0.15, -0.1) is 0 Å². The quantitative estimate of drug-likeness (QED) is 0.364. The monoisotopic (exact) mass is 419 g/mol. The maximum Gasteiger partial charge on any atom is 0.137 e. The first kappa shape index (κ1) is 21.1. The van der Waals surface area contributed by atoms with Crippen molar-refractivity contribution in [3.05, 3.63) is 109 Å². The average molecular weight is 420 g/mol. The van der Waals surface area contributed by atoms with E-state index in [-0.39, 0.29) is 0 Å². The molecule has 5 nitrogen and oxygen atoms in total. The van der Waals surface area contributed by atoms with E-state index in [9.17, 15) is 0 Å². The Kier molecular flexibility index (Phi) is 6.46. The molecule has 3 aromatic heterocycles. The van der Waals surface area contributed by atoms with Gasteiger partial charge in [-0.1, -0.05) is 49.1 Å². The average Bonchev–Trinajstić information content (AvgIpc) is 2.84. The van der Waals surface area contributed by atoms with Crippen LogP contribution in [0.2, 0.25) is 0 Å². The molecule has 4 rings (SSSR count). The van der Waals surface area contributed by atoms with E-state index < -0.39 is 0 Å². The molecule has 3 heterocycles. The standard InChI is InChI=1S/C27H25N5/c1-4-6-7-20(5-2)21-11-13-25-26(14-21)31-18-32-27(25)30-17-24-12-10-23(16-29-24)22-9-8-19(3)28-15-22/h4-16,18H,1,17H2,2-3H3,(H,30,31,32). The molecule has 0 spiro atoms. The molecule has 0 atom stereocenters. The molecule has 0 unspecified atom stereocenters. The highest BCUT2D eigenvalue weighted by atomic mass is 15.0. The van der Waals surface area contributed by atoms with Crippen LogP contribution in [-0.4, -0.2) is 19.9 Å². The normalized spacial score (nSPS) is 11.8. The van der Waals surface area contributed by atoms with Gasteiger partial charge in [-0.3, -0.25) is 9.97 Å². The first-order valence-electron chi connectivity index (χ1n) is 10.5. The Morgan fingerprint density at radius 1 is 0.969 bits per heavy atom. The minimum atomic E-state index is 0.572. The maximum atomic E-state index is 4.59. The van der Waals surface area contributed by atoms with Crippen molar-refractivity contribution in [1.82, 2.24) is 19.9 Å². The van der Waals surface area contributed by atoms with E-state index in [2.05, 4.69) is 68.2 Å². The van der Waals surface area contributed by atoms with Crippen molar-refractivity contribution in [1.29, 1.82) is 0 Å². The van der Waals surface area contributed by atoms with Crippen LogP contribution in [0.3, 0.4) is 0 Å². The minimum Gasteiger partial charge on any atom is -0.364 e. The van der Waals surface area contributed by atoms with Crippen molar-refractivity contribution in [3.8, 4) is 11.1 Å². The van der Waals surface area contributed by atoms with E-state index in [1.54, 1.807) is 12.4 Å². The number of aryl methyl sites for hydroxylation is 1. The number of pyridine rings is 2. The van der Waals surface area contributed by atoms with Crippen molar-refractivity contribution in [2.45, 2.75) is 20.4 Å². The van der Waals surface area contributed by atoms with E-state index in [1.165, 1.54) is 0 Å². The number of rotatable bonds is 7. The third-order valence-electron chi connectivity index (χ3n) is 5.20. The van der Waals surface area contributed by atoms with Crippen LogP contribution in [0.5, 0.6) is 0 Å². The maximum absolute atomic E-state index is 4.59. The SMILES string of the molecule is C=CC=CC(=CC)c1ccc2c(NCc3ccc(-c4ccc(C)nc4)cn3)ncnc2c1. The van der Waals surface area contributed by atoms with Gasteiger partial charge in [-0.25, -0.2) is 9.97 Å². The van der Waals surface area contributed by atoms with Gasteiger partial charge in [0.1, 0.15) is 12.1 Å². The fourth-order valence-electron chi connectivity index (χ4n) is 3.42. The molecule has 0 amide bonds. The molecular formula is C27H25N5. The predicted octanol–water partition coefficient (Wildman–Crippen LogP) is 6.15. The van der Waals surface area contributed by atoms with Gasteiger partial charge in [0.05, 0.1) is 17.8 Å². The Morgan fingerprint density at radius 2 is 1.78 bits per heavy atom. The van der Waals surface area contributed by atoms with E-state index in [0.29, 0.717) is 6.54 Å². The summed E-state index contributed by atoms with van der Waals surface area (Å²) in [5.74, 6) is 0.791. The summed E-state index contributed by atoms with van der Waals surface area (Å²) < 4.78 is 0. The summed E-state index contributed by atoms with van der Waals surface area (Å²) in [6, 6.07) is 14.4. The third kappa shape index (κ3) is 4.78. The number of anilines is 1. The third-order valence-corrected chi connectivity index (χ3v) is 5.20. The van der Waals surface area contributed by atoms with Crippen LogP contribution < -0.4 is 5.32 Å². The number of benzene rings is 1. The highest BCUT2D eigenvalue weighted by Gasteiger charge is 2.07. The van der Waals surface area contributed by atoms with Crippen molar-refractivity contribution >= 4 is 22.3 Å². The zero-order valence-corrected chi connectivity index (χ0v) is 18.3.